The number of carbonyl (C=O) groups excluding carboxylic acids is 2. The molecule has 6 atom stereocenters. The lowest BCUT2D eigenvalue weighted by molar-refractivity contribution is -0.140. The van der Waals surface area contributed by atoms with Crippen LogP contribution < -0.4 is 0 Å². The Morgan fingerprint density at radius 2 is 1.50 bits per heavy atom. The van der Waals surface area contributed by atoms with Crippen LogP contribution in [-0.2, 0) is 16.0 Å². The first kappa shape index (κ1) is 12.6. The molecule has 0 unspecified atom stereocenters. The largest absolute Gasteiger partial charge is 0.282 e. The molecule has 1 heterocycles. The number of amides is 2. The summed E-state index contributed by atoms with van der Waals surface area (Å²) in [4.78, 5) is 27.1. The van der Waals surface area contributed by atoms with Gasteiger partial charge in [-0.15, -0.1) is 0 Å². The molecule has 4 aliphatic carbocycles. The van der Waals surface area contributed by atoms with Crippen LogP contribution in [-0.4, -0.2) is 23.3 Å². The Balaban J connectivity index is 1.38. The average molecular weight is 293 g/mol. The van der Waals surface area contributed by atoms with Crippen LogP contribution in [0, 0.1) is 35.5 Å². The third kappa shape index (κ3) is 1.57. The monoisotopic (exact) mass is 293 g/mol. The number of hydrogen-bond acceptors (Lipinski definition) is 2. The van der Waals surface area contributed by atoms with Crippen molar-refractivity contribution in [1.29, 1.82) is 0 Å². The Hall–Kier alpha value is -1.90. The maximum Gasteiger partial charge on any atom is 0.233 e. The van der Waals surface area contributed by atoms with Crippen LogP contribution in [0.2, 0.25) is 0 Å². The van der Waals surface area contributed by atoms with Gasteiger partial charge in [-0.1, -0.05) is 42.5 Å². The smallest absolute Gasteiger partial charge is 0.233 e. The van der Waals surface area contributed by atoms with E-state index in [2.05, 4.69) is 24.3 Å². The third-order valence-corrected chi connectivity index (χ3v) is 6.22. The number of allylic oxidation sites excluding steroid dienone is 2. The van der Waals surface area contributed by atoms with Gasteiger partial charge in [0.2, 0.25) is 11.8 Å². The fourth-order valence-corrected chi connectivity index (χ4v) is 5.12. The molecule has 1 aliphatic heterocycles. The highest BCUT2D eigenvalue weighted by Gasteiger charge is 2.66. The van der Waals surface area contributed by atoms with Crippen molar-refractivity contribution in [2.75, 3.05) is 6.54 Å². The minimum absolute atomic E-state index is 0.0537. The Labute approximate surface area is 130 Å². The zero-order valence-electron chi connectivity index (χ0n) is 12.4. The molecule has 2 saturated carbocycles. The lowest BCUT2D eigenvalue weighted by atomic mass is 9.63. The molecule has 1 saturated heterocycles. The summed E-state index contributed by atoms with van der Waals surface area (Å²) in [5.41, 5.74) is 1.18. The SMILES string of the molecule is O=C1[C@@H]2[C@@H]3C=C[C@H]([C@H]4C[C@H]34)[C@@H]2C(=O)N1CCc1ccccc1. The number of hydrogen-bond donors (Lipinski definition) is 0. The van der Waals surface area contributed by atoms with Crippen molar-refractivity contribution in [1.82, 2.24) is 4.90 Å². The van der Waals surface area contributed by atoms with Crippen LogP contribution >= 0.6 is 0 Å². The molecular weight excluding hydrogens is 274 g/mol. The van der Waals surface area contributed by atoms with E-state index in [-0.39, 0.29) is 23.7 Å². The van der Waals surface area contributed by atoms with E-state index in [1.165, 1.54) is 12.0 Å². The second-order valence-corrected chi connectivity index (χ2v) is 7.22. The molecule has 0 spiro atoms. The van der Waals surface area contributed by atoms with Gasteiger partial charge >= 0.3 is 0 Å². The second-order valence-electron chi connectivity index (χ2n) is 7.22. The number of likely N-dealkylation sites (tertiary alicyclic amines) is 1. The standard InChI is InChI=1S/C19H19NO2/c21-18-16-12-6-7-13(15-10-14(12)15)17(16)19(22)20(18)9-8-11-4-2-1-3-5-11/h1-7,12-17H,8-10H2/t12-,13-,14-,15-,16-,17+/m1/s1. The van der Waals surface area contributed by atoms with Gasteiger partial charge in [0.25, 0.3) is 0 Å². The number of benzene rings is 1. The second kappa shape index (κ2) is 4.31. The molecule has 3 fully saturated rings. The fraction of sp³-hybridized carbons (Fsp3) is 0.474. The van der Waals surface area contributed by atoms with E-state index in [1.807, 2.05) is 18.2 Å². The molecule has 2 amide bonds. The normalized spacial score (nSPS) is 40.8. The highest BCUT2D eigenvalue weighted by Crippen LogP contribution is 2.65. The van der Waals surface area contributed by atoms with E-state index in [0.29, 0.717) is 30.2 Å². The maximum atomic E-state index is 12.8. The van der Waals surface area contributed by atoms with Gasteiger partial charge in [-0.2, -0.15) is 0 Å². The number of imide groups is 1. The van der Waals surface area contributed by atoms with Crippen molar-refractivity contribution < 1.29 is 9.59 Å². The third-order valence-electron chi connectivity index (χ3n) is 6.22. The predicted octanol–water partition coefficient (Wildman–Crippen LogP) is 2.28. The fourth-order valence-electron chi connectivity index (χ4n) is 5.12. The van der Waals surface area contributed by atoms with E-state index in [9.17, 15) is 9.59 Å². The minimum Gasteiger partial charge on any atom is -0.282 e. The molecule has 0 radical (unpaired) electrons. The van der Waals surface area contributed by atoms with Gasteiger partial charge in [0, 0.05) is 6.54 Å². The molecule has 1 aromatic carbocycles. The molecule has 0 aromatic heterocycles. The summed E-state index contributed by atoms with van der Waals surface area (Å²) in [5.74, 6) is 2.11. The Bertz CT molecular complexity index is 644. The van der Waals surface area contributed by atoms with Crippen LogP contribution in [0.15, 0.2) is 42.5 Å². The molecule has 112 valence electrons. The van der Waals surface area contributed by atoms with Gasteiger partial charge in [-0.3, -0.25) is 14.5 Å². The predicted molar refractivity (Wildman–Crippen MR) is 81.6 cm³/mol. The first-order valence-corrected chi connectivity index (χ1v) is 8.33. The van der Waals surface area contributed by atoms with Gasteiger partial charge in [0.15, 0.2) is 0 Å². The van der Waals surface area contributed by atoms with Gasteiger partial charge in [-0.05, 0) is 42.1 Å². The van der Waals surface area contributed by atoms with Crippen LogP contribution in [0.4, 0.5) is 0 Å². The van der Waals surface area contributed by atoms with Gasteiger partial charge in [0.05, 0.1) is 11.8 Å². The topological polar surface area (TPSA) is 37.4 Å². The van der Waals surface area contributed by atoms with E-state index < -0.39 is 0 Å². The zero-order valence-corrected chi connectivity index (χ0v) is 12.4. The summed E-state index contributed by atoms with van der Waals surface area (Å²) in [7, 11) is 0. The lowest BCUT2D eigenvalue weighted by Gasteiger charge is -2.37. The molecule has 5 aliphatic rings. The Kier molecular flexibility index (Phi) is 2.47. The first-order valence-electron chi connectivity index (χ1n) is 8.33. The summed E-state index contributed by atoms with van der Waals surface area (Å²) in [6.07, 6.45) is 6.44. The summed E-state index contributed by atoms with van der Waals surface area (Å²) in [6, 6.07) is 10.1. The van der Waals surface area contributed by atoms with Crippen molar-refractivity contribution in [2.45, 2.75) is 12.8 Å². The van der Waals surface area contributed by atoms with Gasteiger partial charge < -0.3 is 0 Å². The molecule has 0 N–H and O–H groups in total. The zero-order chi connectivity index (χ0) is 14.8. The van der Waals surface area contributed by atoms with Crippen molar-refractivity contribution in [3.8, 4) is 0 Å². The Morgan fingerprint density at radius 1 is 0.909 bits per heavy atom. The van der Waals surface area contributed by atoms with Crippen LogP contribution in [0.25, 0.3) is 0 Å². The average Bonchev–Trinajstić information content (AvgIpc) is 3.33. The molecule has 3 nitrogen and oxygen atoms in total. The summed E-state index contributed by atoms with van der Waals surface area (Å²) < 4.78 is 0. The van der Waals surface area contributed by atoms with E-state index in [1.54, 1.807) is 4.90 Å². The van der Waals surface area contributed by atoms with E-state index >= 15 is 0 Å². The molecular formula is C19H19NO2. The van der Waals surface area contributed by atoms with Crippen molar-refractivity contribution in [3.05, 3.63) is 48.0 Å². The lowest BCUT2D eigenvalue weighted by Crippen LogP contribution is -2.40. The number of rotatable bonds is 3. The molecule has 22 heavy (non-hydrogen) atoms. The van der Waals surface area contributed by atoms with Crippen molar-refractivity contribution >= 4 is 11.8 Å². The van der Waals surface area contributed by atoms with E-state index in [0.717, 1.165) is 6.42 Å². The minimum atomic E-state index is -0.0537. The van der Waals surface area contributed by atoms with Crippen molar-refractivity contribution in [2.24, 2.45) is 35.5 Å². The molecule has 3 heteroatoms. The van der Waals surface area contributed by atoms with E-state index in [4.69, 9.17) is 0 Å². The van der Waals surface area contributed by atoms with Gasteiger partial charge in [0.1, 0.15) is 0 Å². The molecule has 6 rings (SSSR count). The number of nitrogens with zero attached hydrogens (tertiary/aromatic N) is 1. The highest BCUT2D eigenvalue weighted by atomic mass is 16.2. The quantitative estimate of drug-likeness (QED) is 0.633. The first-order chi connectivity index (χ1) is 10.8. The van der Waals surface area contributed by atoms with Crippen LogP contribution in [0.5, 0.6) is 0 Å². The molecule has 2 bridgehead atoms. The summed E-state index contributed by atoms with van der Waals surface area (Å²) in [6.45, 7) is 0.531. The van der Waals surface area contributed by atoms with Crippen molar-refractivity contribution in [3.63, 3.8) is 0 Å². The number of carbonyl (C=O) groups is 2. The summed E-state index contributed by atoms with van der Waals surface area (Å²) >= 11 is 0. The van der Waals surface area contributed by atoms with Gasteiger partial charge in [-0.25, -0.2) is 0 Å². The maximum absolute atomic E-state index is 12.8. The van der Waals surface area contributed by atoms with Crippen LogP contribution in [0.1, 0.15) is 12.0 Å². The Morgan fingerprint density at radius 3 is 2.09 bits per heavy atom. The highest BCUT2D eigenvalue weighted by molar-refractivity contribution is 6.06. The summed E-state index contributed by atoms with van der Waals surface area (Å²) in [5, 5.41) is 0. The van der Waals surface area contributed by atoms with Crippen LogP contribution in [0.3, 0.4) is 0 Å². The molecule has 1 aromatic rings.